The molecule has 0 aliphatic heterocycles. The summed E-state index contributed by atoms with van der Waals surface area (Å²) in [6.07, 6.45) is -1.57. The molecular formula is C18H14F3N3OS. The maximum atomic E-state index is 13.3. The number of thiophene rings is 1. The van der Waals surface area contributed by atoms with E-state index in [9.17, 15) is 18.0 Å². The number of nitrogens with zero attached hydrogens (tertiary/aromatic N) is 2. The molecular weight excluding hydrogens is 363 g/mol. The quantitative estimate of drug-likeness (QED) is 0.657. The van der Waals surface area contributed by atoms with Crippen LogP contribution in [-0.2, 0) is 11.0 Å². The smallest absolute Gasteiger partial charge is 0.307 e. The lowest BCUT2D eigenvalue weighted by molar-refractivity contribution is -0.137. The van der Waals surface area contributed by atoms with Gasteiger partial charge in [0.2, 0.25) is 5.91 Å². The number of alkyl halides is 3. The van der Waals surface area contributed by atoms with Gasteiger partial charge in [-0.2, -0.15) is 18.3 Å². The molecule has 1 amide bonds. The van der Waals surface area contributed by atoms with Crippen LogP contribution in [0.4, 0.5) is 19.0 Å². The van der Waals surface area contributed by atoms with Gasteiger partial charge in [0.1, 0.15) is 5.82 Å². The zero-order valence-electron chi connectivity index (χ0n) is 13.6. The Balaban J connectivity index is 1.91. The van der Waals surface area contributed by atoms with Gasteiger partial charge < -0.3 is 5.32 Å². The molecule has 0 aliphatic rings. The van der Waals surface area contributed by atoms with Gasteiger partial charge in [-0.25, -0.2) is 4.68 Å². The molecule has 8 heteroatoms. The summed E-state index contributed by atoms with van der Waals surface area (Å²) in [6.45, 7) is 1.64. The van der Waals surface area contributed by atoms with Gasteiger partial charge in [-0.1, -0.05) is 18.2 Å². The van der Waals surface area contributed by atoms with Crippen molar-refractivity contribution in [2.75, 3.05) is 5.32 Å². The van der Waals surface area contributed by atoms with E-state index in [1.807, 2.05) is 17.5 Å². The van der Waals surface area contributed by atoms with Crippen molar-refractivity contribution >= 4 is 29.1 Å². The molecule has 0 bridgehead atoms. The summed E-state index contributed by atoms with van der Waals surface area (Å²) in [4.78, 5) is 13.0. The second-order valence-electron chi connectivity index (χ2n) is 5.44. The third-order valence-corrected chi connectivity index (χ3v) is 4.30. The van der Waals surface area contributed by atoms with Gasteiger partial charge in [-0.3, -0.25) is 4.79 Å². The average molecular weight is 377 g/mol. The van der Waals surface area contributed by atoms with Crippen molar-refractivity contribution in [3.63, 3.8) is 0 Å². The lowest BCUT2D eigenvalue weighted by Crippen LogP contribution is -2.16. The first-order valence-electron chi connectivity index (χ1n) is 7.60. The van der Waals surface area contributed by atoms with Crippen LogP contribution < -0.4 is 5.32 Å². The first-order chi connectivity index (χ1) is 12.3. The van der Waals surface area contributed by atoms with E-state index in [0.29, 0.717) is 5.69 Å². The van der Waals surface area contributed by atoms with Gasteiger partial charge in [0.15, 0.2) is 0 Å². The molecule has 0 unspecified atom stereocenters. The van der Waals surface area contributed by atoms with Crippen molar-refractivity contribution in [2.24, 2.45) is 0 Å². The lowest BCUT2D eigenvalue weighted by atomic mass is 10.1. The highest BCUT2D eigenvalue weighted by Crippen LogP contribution is 2.34. The molecule has 0 radical (unpaired) electrons. The molecule has 2 heterocycles. The number of nitrogens with one attached hydrogen (secondary N) is 1. The number of hydrogen-bond donors (Lipinski definition) is 1. The van der Waals surface area contributed by atoms with E-state index in [1.165, 1.54) is 41.7 Å². The molecule has 0 saturated heterocycles. The predicted octanol–water partition coefficient (Wildman–Crippen LogP) is 4.91. The van der Waals surface area contributed by atoms with Crippen molar-refractivity contribution in [2.45, 2.75) is 13.1 Å². The van der Waals surface area contributed by atoms with Crippen LogP contribution in [-0.4, -0.2) is 15.7 Å². The summed E-state index contributed by atoms with van der Waals surface area (Å²) >= 11 is 1.47. The fourth-order valence-corrected chi connectivity index (χ4v) is 3.00. The highest BCUT2D eigenvalue weighted by Gasteiger charge is 2.34. The van der Waals surface area contributed by atoms with Crippen LogP contribution in [0, 0.1) is 6.92 Å². The monoisotopic (exact) mass is 377 g/mol. The summed E-state index contributed by atoms with van der Waals surface area (Å²) in [5, 5.41) is 8.56. The average Bonchev–Trinajstić information content (AvgIpc) is 3.22. The van der Waals surface area contributed by atoms with Crippen LogP contribution in [0.1, 0.15) is 16.1 Å². The number of hydrogen-bond acceptors (Lipinski definition) is 3. The first kappa shape index (κ1) is 17.9. The Morgan fingerprint density at radius 1 is 1.23 bits per heavy atom. The summed E-state index contributed by atoms with van der Waals surface area (Å²) in [5.74, 6) is -0.288. The van der Waals surface area contributed by atoms with E-state index >= 15 is 0 Å². The molecule has 0 aliphatic carbocycles. The second-order valence-corrected chi connectivity index (χ2v) is 6.41. The van der Waals surface area contributed by atoms with Gasteiger partial charge >= 0.3 is 6.18 Å². The third kappa shape index (κ3) is 4.02. The van der Waals surface area contributed by atoms with Gasteiger partial charge in [-0.05, 0) is 36.6 Å². The first-order valence-corrected chi connectivity index (χ1v) is 8.48. The minimum absolute atomic E-state index is 0.148. The van der Waals surface area contributed by atoms with E-state index in [0.717, 1.165) is 15.6 Å². The number of para-hydroxylation sites is 1. The highest BCUT2D eigenvalue weighted by molar-refractivity contribution is 7.10. The van der Waals surface area contributed by atoms with E-state index in [2.05, 4.69) is 10.4 Å². The molecule has 1 aromatic carbocycles. The number of carbonyl (C=O) groups is 1. The van der Waals surface area contributed by atoms with Gasteiger partial charge in [0.05, 0.1) is 16.9 Å². The van der Waals surface area contributed by atoms with Crippen LogP contribution in [0.5, 0.6) is 0 Å². The van der Waals surface area contributed by atoms with Crippen LogP contribution in [0.2, 0.25) is 0 Å². The van der Waals surface area contributed by atoms with Gasteiger partial charge in [0, 0.05) is 17.0 Å². The van der Waals surface area contributed by atoms with Crippen LogP contribution in [0.3, 0.4) is 0 Å². The number of anilines is 1. The minimum atomic E-state index is -4.53. The Kier molecular flexibility index (Phi) is 4.94. The number of aryl methyl sites for hydroxylation is 1. The van der Waals surface area contributed by atoms with Crippen LogP contribution in [0.15, 0.2) is 53.9 Å². The Hall–Kier alpha value is -2.87. The molecule has 0 fully saturated rings. The lowest BCUT2D eigenvalue weighted by Gasteiger charge is -2.14. The molecule has 1 N–H and O–H groups in total. The summed E-state index contributed by atoms with van der Waals surface area (Å²) in [6, 6.07) is 10.3. The summed E-state index contributed by atoms with van der Waals surface area (Å²) in [5.41, 5.74) is -0.488. The Bertz CT molecular complexity index is 943. The molecule has 2 aromatic heterocycles. The van der Waals surface area contributed by atoms with Crippen molar-refractivity contribution in [1.82, 2.24) is 9.78 Å². The molecule has 0 saturated carbocycles. The van der Waals surface area contributed by atoms with Crippen molar-refractivity contribution in [3.8, 4) is 5.69 Å². The topological polar surface area (TPSA) is 46.9 Å². The normalized spacial score (nSPS) is 11.8. The summed E-state index contributed by atoms with van der Waals surface area (Å²) < 4.78 is 40.9. The predicted molar refractivity (Wildman–Crippen MR) is 95.3 cm³/mol. The largest absolute Gasteiger partial charge is 0.418 e. The van der Waals surface area contributed by atoms with Crippen molar-refractivity contribution in [1.29, 1.82) is 0 Å². The van der Waals surface area contributed by atoms with Crippen LogP contribution in [0.25, 0.3) is 11.8 Å². The standard InChI is InChI=1S/C18H14F3N3OS/c1-12-11-16(22-17(25)9-8-13-5-4-10-26-13)24(23-12)15-7-3-2-6-14(15)18(19,20)21/h2-11H,1H3,(H,22,25)/b9-8+. The summed E-state index contributed by atoms with van der Waals surface area (Å²) in [7, 11) is 0. The van der Waals surface area contributed by atoms with E-state index < -0.39 is 17.6 Å². The van der Waals surface area contributed by atoms with Gasteiger partial charge in [0.25, 0.3) is 0 Å². The fraction of sp³-hybridized carbons (Fsp3) is 0.111. The SMILES string of the molecule is Cc1cc(NC(=O)/C=C/c2cccs2)n(-c2ccccc2C(F)(F)F)n1. The third-order valence-electron chi connectivity index (χ3n) is 3.46. The fourth-order valence-electron chi connectivity index (χ4n) is 2.38. The number of rotatable bonds is 4. The molecule has 4 nitrogen and oxygen atoms in total. The number of aromatic nitrogens is 2. The molecule has 0 spiro atoms. The van der Waals surface area contributed by atoms with E-state index in [4.69, 9.17) is 0 Å². The Morgan fingerprint density at radius 3 is 2.69 bits per heavy atom. The molecule has 26 heavy (non-hydrogen) atoms. The molecule has 3 aromatic rings. The van der Waals surface area contributed by atoms with Crippen molar-refractivity contribution in [3.05, 3.63) is 70.1 Å². The maximum Gasteiger partial charge on any atom is 0.418 e. The minimum Gasteiger partial charge on any atom is -0.307 e. The zero-order chi connectivity index (χ0) is 18.7. The number of amides is 1. The molecule has 134 valence electrons. The Labute approximate surface area is 151 Å². The number of carbonyl (C=O) groups excluding carboxylic acids is 1. The maximum absolute atomic E-state index is 13.3. The Morgan fingerprint density at radius 2 is 2.00 bits per heavy atom. The van der Waals surface area contributed by atoms with E-state index in [-0.39, 0.29) is 11.5 Å². The zero-order valence-corrected chi connectivity index (χ0v) is 14.4. The number of halogens is 3. The molecule has 3 rings (SSSR count). The van der Waals surface area contributed by atoms with Crippen molar-refractivity contribution < 1.29 is 18.0 Å². The van der Waals surface area contributed by atoms with Crippen LogP contribution >= 0.6 is 11.3 Å². The second kappa shape index (κ2) is 7.17. The highest BCUT2D eigenvalue weighted by atomic mass is 32.1. The number of benzene rings is 1. The van der Waals surface area contributed by atoms with Gasteiger partial charge in [-0.15, -0.1) is 11.3 Å². The molecule has 0 atom stereocenters. The van der Waals surface area contributed by atoms with E-state index in [1.54, 1.807) is 13.0 Å².